The van der Waals surface area contributed by atoms with Crippen LogP contribution in [0.3, 0.4) is 0 Å². The summed E-state index contributed by atoms with van der Waals surface area (Å²) < 4.78 is 40.8. The number of rotatable bonds is 7. The van der Waals surface area contributed by atoms with Crippen LogP contribution < -0.4 is 10.6 Å². The van der Waals surface area contributed by atoms with Crippen LogP contribution in [0.5, 0.6) is 0 Å². The molecule has 0 aliphatic rings. The highest BCUT2D eigenvalue weighted by Crippen LogP contribution is 2.33. The largest absolute Gasteiger partial charge is 0.416 e. The third-order valence-electron chi connectivity index (χ3n) is 4.87. The summed E-state index contributed by atoms with van der Waals surface area (Å²) in [6.45, 7) is 8.34. The maximum Gasteiger partial charge on any atom is 0.416 e. The van der Waals surface area contributed by atoms with Gasteiger partial charge in [0.1, 0.15) is 5.60 Å². The molecule has 9 heteroatoms. The molecule has 1 aromatic carbocycles. The van der Waals surface area contributed by atoms with Gasteiger partial charge in [0.05, 0.1) is 24.8 Å². The molecule has 0 aliphatic heterocycles. The molecule has 30 heavy (non-hydrogen) atoms. The van der Waals surface area contributed by atoms with Crippen LogP contribution in [-0.4, -0.2) is 40.5 Å². The van der Waals surface area contributed by atoms with E-state index in [0.29, 0.717) is 23.6 Å². The fourth-order valence-corrected chi connectivity index (χ4v) is 2.88. The van der Waals surface area contributed by atoms with Gasteiger partial charge in [-0.2, -0.15) is 18.3 Å². The number of benzene rings is 1. The maximum absolute atomic E-state index is 13.0. The van der Waals surface area contributed by atoms with E-state index in [-0.39, 0.29) is 13.1 Å². The third kappa shape index (κ3) is 6.22. The van der Waals surface area contributed by atoms with Crippen LogP contribution in [0.4, 0.5) is 13.2 Å². The zero-order chi connectivity index (χ0) is 22.6. The van der Waals surface area contributed by atoms with Gasteiger partial charge in [0.15, 0.2) is 5.96 Å². The van der Waals surface area contributed by atoms with Crippen molar-refractivity contribution in [3.8, 4) is 0 Å². The van der Waals surface area contributed by atoms with Gasteiger partial charge in [0.2, 0.25) is 0 Å². The van der Waals surface area contributed by atoms with Crippen molar-refractivity contribution in [2.24, 2.45) is 12.0 Å². The summed E-state index contributed by atoms with van der Waals surface area (Å²) in [5, 5.41) is 21.0. The second-order valence-electron chi connectivity index (χ2n) is 8.19. The number of aromatic nitrogens is 2. The Kier molecular flexibility index (Phi) is 7.18. The summed E-state index contributed by atoms with van der Waals surface area (Å²) in [5.41, 5.74) is -1.23. The second kappa shape index (κ2) is 9.07. The lowest BCUT2D eigenvalue weighted by Crippen LogP contribution is -2.45. The van der Waals surface area contributed by atoms with E-state index in [2.05, 4.69) is 20.7 Å². The van der Waals surface area contributed by atoms with E-state index in [0.717, 1.165) is 6.07 Å². The smallest absolute Gasteiger partial charge is 0.383 e. The van der Waals surface area contributed by atoms with E-state index in [1.165, 1.54) is 12.1 Å². The van der Waals surface area contributed by atoms with Gasteiger partial charge in [-0.15, -0.1) is 0 Å². The Morgan fingerprint density at radius 2 is 1.80 bits per heavy atom. The van der Waals surface area contributed by atoms with E-state index < -0.39 is 22.8 Å². The summed E-state index contributed by atoms with van der Waals surface area (Å²) in [7, 11) is 1.77. The van der Waals surface area contributed by atoms with Crippen LogP contribution in [0.2, 0.25) is 0 Å². The first kappa shape index (κ1) is 23.7. The molecule has 0 amide bonds. The minimum atomic E-state index is -4.39. The number of halogens is 3. The molecule has 0 bridgehead atoms. The van der Waals surface area contributed by atoms with Crippen molar-refractivity contribution in [1.29, 1.82) is 0 Å². The molecule has 1 atom stereocenters. The summed E-state index contributed by atoms with van der Waals surface area (Å²) in [5.74, 6) is 0.474. The maximum atomic E-state index is 13.0. The Bertz CT molecular complexity index is 872. The lowest BCUT2D eigenvalue weighted by molar-refractivity contribution is -0.137. The van der Waals surface area contributed by atoms with Crippen molar-refractivity contribution < 1.29 is 18.3 Å². The van der Waals surface area contributed by atoms with Gasteiger partial charge in [-0.1, -0.05) is 32.0 Å². The van der Waals surface area contributed by atoms with Crippen molar-refractivity contribution in [1.82, 2.24) is 20.4 Å². The van der Waals surface area contributed by atoms with Crippen LogP contribution in [0.15, 0.2) is 41.7 Å². The zero-order valence-electron chi connectivity index (χ0n) is 18.0. The normalized spacial score (nSPS) is 15.0. The molecule has 0 saturated heterocycles. The van der Waals surface area contributed by atoms with Crippen molar-refractivity contribution in [3.63, 3.8) is 0 Å². The topological polar surface area (TPSA) is 74.5 Å². The Morgan fingerprint density at radius 3 is 2.37 bits per heavy atom. The average Bonchev–Trinajstić information content (AvgIpc) is 3.11. The Balaban J connectivity index is 2.13. The van der Waals surface area contributed by atoms with Crippen molar-refractivity contribution >= 4 is 5.96 Å². The van der Waals surface area contributed by atoms with Gasteiger partial charge in [-0.25, -0.2) is 0 Å². The third-order valence-corrected chi connectivity index (χ3v) is 4.87. The molecule has 3 N–H and O–H groups in total. The van der Waals surface area contributed by atoms with Gasteiger partial charge in [-0.05, 0) is 25.5 Å². The number of guanidine groups is 1. The number of nitrogens with one attached hydrogen (secondary N) is 2. The molecule has 2 rings (SSSR count). The van der Waals surface area contributed by atoms with E-state index >= 15 is 0 Å². The quantitative estimate of drug-likeness (QED) is 0.471. The summed E-state index contributed by atoms with van der Waals surface area (Å²) in [6.07, 6.45) is -1.05. The number of aryl methyl sites for hydroxylation is 1. The van der Waals surface area contributed by atoms with Gasteiger partial charge >= 0.3 is 6.18 Å². The van der Waals surface area contributed by atoms with Crippen LogP contribution >= 0.6 is 0 Å². The lowest BCUT2D eigenvalue weighted by Gasteiger charge is -2.26. The first-order valence-electron chi connectivity index (χ1n) is 9.76. The first-order chi connectivity index (χ1) is 13.8. The van der Waals surface area contributed by atoms with E-state index in [1.54, 1.807) is 37.1 Å². The lowest BCUT2D eigenvalue weighted by atomic mass is 9.84. The second-order valence-corrected chi connectivity index (χ2v) is 8.19. The predicted octanol–water partition coefficient (Wildman–Crippen LogP) is 3.18. The number of hydrogen-bond donors (Lipinski definition) is 3. The monoisotopic (exact) mass is 425 g/mol. The van der Waals surface area contributed by atoms with Crippen LogP contribution in [0.1, 0.15) is 44.4 Å². The van der Waals surface area contributed by atoms with Crippen molar-refractivity contribution in [2.75, 3.05) is 19.6 Å². The number of nitrogens with zero attached hydrogens (tertiary/aromatic N) is 3. The Labute approximate surface area is 175 Å². The number of aliphatic imine (C=N–C) groups is 1. The predicted molar refractivity (Wildman–Crippen MR) is 111 cm³/mol. The highest BCUT2D eigenvalue weighted by Gasteiger charge is 2.32. The molecule has 1 unspecified atom stereocenters. The fourth-order valence-electron chi connectivity index (χ4n) is 2.88. The SMILES string of the molecule is CCNC(=NCC(C)(C)c1cccc(C(F)(F)F)c1)NCC(C)(O)c1cnn(C)c1. The van der Waals surface area contributed by atoms with Crippen molar-refractivity contribution in [3.05, 3.63) is 53.3 Å². The number of hydrogen-bond acceptors (Lipinski definition) is 3. The molecule has 0 fully saturated rings. The number of alkyl halides is 3. The average molecular weight is 425 g/mol. The summed E-state index contributed by atoms with van der Waals surface area (Å²) >= 11 is 0. The molecule has 166 valence electrons. The highest BCUT2D eigenvalue weighted by molar-refractivity contribution is 5.79. The fraction of sp³-hybridized carbons (Fsp3) is 0.524. The molecule has 1 heterocycles. The van der Waals surface area contributed by atoms with Crippen LogP contribution in [0, 0.1) is 0 Å². The van der Waals surface area contributed by atoms with E-state index in [9.17, 15) is 18.3 Å². The minimum absolute atomic E-state index is 0.189. The first-order valence-corrected chi connectivity index (χ1v) is 9.76. The molecule has 0 radical (unpaired) electrons. The summed E-state index contributed by atoms with van der Waals surface area (Å²) in [6, 6.07) is 5.33. The van der Waals surface area contributed by atoms with E-state index in [4.69, 9.17) is 0 Å². The van der Waals surface area contributed by atoms with Crippen molar-refractivity contribution in [2.45, 2.75) is 44.9 Å². The molecular formula is C21H30F3N5O. The Morgan fingerprint density at radius 1 is 1.13 bits per heavy atom. The molecule has 2 aromatic rings. The van der Waals surface area contributed by atoms with Gasteiger partial charge < -0.3 is 15.7 Å². The van der Waals surface area contributed by atoms with Gasteiger partial charge in [-0.3, -0.25) is 9.67 Å². The highest BCUT2D eigenvalue weighted by atomic mass is 19.4. The van der Waals surface area contributed by atoms with Crippen LogP contribution in [-0.2, 0) is 24.2 Å². The van der Waals surface area contributed by atoms with Crippen LogP contribution in [0.25, 0.3) is 0 Å². The van der Waals surface area contributed by atoms with E-state index in [1.807, 2.05) is 20.8 Å². The molecular weight excluding hydrogens is 395 g/mol. The zero-order valence-corrected chi connectivity index (χ0v) is 18.0. The standard InChI is InChI=1S/C21H30F3N5O/c1-6-25-18(27-14-20(4,30)17-11-28-29(5)12-17)26-13-19(2,3)15-8-7-9-16(10-15)21(22,23)24/h7-12,30H,6,13-14H2,1-5H3,(H2,25,26,27). The Hall–Kier alpha value is -2.55. The van der Waals surface area contributed by atoms with Gasteiger partial charge in [0, 0.05) is 30.8 Å². The molecule has 1 aromatic heterocycles. The number of aliphatic hydroxyl groups is 1. The molecule has 0 aliphatic carbocycles. The molecule has 0 spiro atoms. The van der Waals surface area contributed by atoms with Gasteiger partial charge in [0.25, 0.3) is 0 Å². The molecule has 0 saturated carbocycles. The molecule has 6 nitrogen and oxygen atoms in total. The minimum Gasteiger partial charge on any atom is -0.383 e. The summed E-state index contributed by atoms with van der Waals surface area (Å²) in [4.78, 5) is 4.54.